The first-order chi connectivity index (χ1) is 19.0. The van der Waals surface area contributed by atoms with E-state index in [9.17, 15) is 4.79 Å². The van der Waals surface area contributed by atoms with Gasteiger partial charge in [-0.3, -0.25) is 14.6 Å². The van der Waals surface area contributed by atoms with Crippen LogP contribution in [0.1, 0.15) is 72.3 Å². The third-order valence-corrected chi connectivity index (χ3v) is 8.79. The molecule has 2 aromatic heterocycles. The van der Waals surface area contributed by atoms with Crippen LogP contribution in [0.3, 0.4) is 0 Å². The number of tetrazole rings is 1. The number of halogens is 1. The van der Waals surface area contributed by atoms with E-state index < -0.39 is 0 Å². The Morgan fingerprint density at radius 2 is 1.79 bits per heavy atom. The van der Waals surface area contributed by atoms with Crippen molar-refractivity contribution in [3.63, 3.8) is 0 Å². The van der Waals surface area contributed by atoms with E-state index in [1.54, 1.807) is 0 Å². The molecule has 8 nitrogen and oxygen atoms in total. The lowest BCUT2D eigenvalue weighted by Crippen LogP contribution is -2.48. The van der Waals surface area contributed by atoms with Crippen LogP contribution in [-0.2, 0) is 6.54 Å². The second-order valence-electron chi connectivity index (χ2n) is 11.2. The van der Waals surface area contributed by atoms with Crippen molar-refractivity contribution in [1.82, 2.24) is 35.0 Å². The summed E-state index contributed by atoms with van der Waals surface area (Å²) in [5.41, 5.74) is 4.92. The number of pyridine rings is 1. The highest BCUT2D eigenvalue weighted by atomic mass is 35.5. The Hall–Kier alpha value is -3.07. The van der Waals surface area contributed by atoms with Crippen LogP contribution in [0.15, 0.2) is 47.3 Å². The van der Waals surface area contributed by atoms with Crippen LogP contribution in [0.2, 0.25) is 5.02 Å². The zero-order valence-electron chi connectivity index (χ0n) is 22.7. The second kappa shape index (κ2) is 11.2. The largest absolute Gasteiger partial charge is 0.321 e. The number of benzene rings is 2. The molecular formula is C30H36ClN7O. The summed E-state index contributed by atoms with van der Waals surface area (Å²) in [4.78, 5) is 21.7. The second-order valence-corrected chi connectivity index (χ2v) is 11.6. The average molecular weight is 546 g/mol. The third-order valence-electron chi connectivity index (χ3n) is 8.42. The Labute approximate surface area is 234 Å². The fourth-order valence-corrected chi connectivity index (χ4v) is 6.61. The first-order valence-electron chi connectivity index (χ1n) is 14.1. The van der Waals surface area contributed by atoms with E-state index >= 15 is 0 Å². The van der Waals surface area contributed by atoms with Gasteiger partial charge in [-0.15, -0.1) is 5.10 Å². The van der Waals surface area contributed by atoms with Gasteiger partial charge in [0.2, 0.25) is 0 Å². The molecule has 1 atom stereocenters. The van der Waals surface area contributed by atoms with Crippen LogP contribution in [-0.4, -0.2) is 61.2 Å². The Morgan fingerprint density at radius 1 is 1.03 bits per heavy atom. The maximum absolute atomic E-state index is 13.7. The van der Waals surface area contributed by atoms with Crippen molar-refractivity contribution in [3.8, 4) is 0 Å². The molecule has 6 rings (SSSR count). The number of piperazine rings is 1. The average Bonchev–Trinajstić information content (AvgIpc) is 3.42. The van der Waals surface area contributed by atoms with Crippen molar-refractivity contribution in [1.29, 1.82) is 0 Å². The van der Waals surface area contributed by atoms with E-state index in [1.807, 2.05) is 29.8 Å². The minimum absolute atomic E-state index is 0.0730. The number of nitrogens with zero attached hydrogens (tertiary/aromatic N) is 6. The number of nitrogens with one attached hydrogen (secondary N) is 1. The molecule has 2 aliphatic rings. The molecular weight excluding hydrogens is 510 g/mol. The summed E-state index contributed by atoms with van der Waals surface area (Å²) in [7, 11) is 0. The van der Waals surface area contributed by atoms with Crippen LogP contribution in [0.4, 0.5) is 0 Å². The maximum atomic E-state index is 13.7. The fraction of sp³-hybridized carbons (Fsp3) is 0.467. The first kappa shape index (κ1) is 26.2. The van der Waals surface area contributed by atoms with E-state index in [4.69, 9.17) is 11.6 Å². The van der Waals surface area contributed by atoms with Crippen LogP contribution in [0.25, 0.3) is 10.9 Å². The molecule has 1 N–H and O–H groups in total. The van der Waals surface area contributed by atoms with E-state index in [0.29, 0.717) is 5.56 Å². The predicted molar refractivity (Wildman–Crippen MR) is 154 cm³/mol. The molecule has 0 unspecified atom stereocenters. The van der Waals surface area contributed by atoms with E-state index in [1.165, 1.54) is 24.8 Å². The van der Waals surface area contributed by atoms with Crippen LogP contribution in [0.5, 0.6) is 0 Å². The van der Waals surface area contributed by atoms with Gasteiger partial charge >= 0.3 is 0 Å². The molecule has 3 heterocycles. The van der Waals surface area contributed by atoms with Gasteiger partial charge in [0.05, 0.1) is 11.6 Å². The summed E-state index contributed by atoms with van der Waals surface area (Å²) >= 11 is 6.45. The smallest absolute Gasteiger partial charge is 0.253 e. The quantitative estimate of drug-likeness (QED) is 0.359. The molecule has 4 aromatic rings. The summed E-state index contributed by atoms with van der Waals surface area (Å²) in [5, 5.41) is 15.0. The third kappa shape index (κ3) is 5.38. The van der Waals surface area contributed by atoms with Gasteiger partial charge in [0.25, 0.3) is 5.56 Å². The minimum Gasteiger partial charge on any atom is -0.321 e. The van der Waals surface area contributed by atoms with Crippen molar-refractivity contribution in [3.05, 3.63) is 85.9 Å². The Kier molecular flexibility index (Phi) is 7.51. The molecule has 1 saturated heterocycles. The summed E-state index contributed by atoms with van der Waals surface area (Å²) < 4.78 is 2.02. The maximum Gasteiger partial charge on any atom is 0.253 e. The lowest BCUT2D eigenvalue weighted by molar-refractivity contribution is 0.0982. The van der Waals surface area contributed by atoms with Crippen LogP contribution in [0, 0.1) is 13.8 Å². The highest BCUT2D eigenvalue weighted by Crippen LogP contribution is 2.34. The molecule has 2 aromatic carbocycles. The van der Waals surface area contributed by atoms with Crippen molar-refractivity contribution in [2.24, 2.45) is 0 Å². The van der Waals surface area contributed by atoms with Crippen LogP contribution < -0.4 is 5.56 Å². The van der Waals surface area contributed by atoms with Crippen molar-refractivity contribution >= 4 is 22.5 Å². The number of aromatic nitrogens is 5. The molecule has 204 valence electrons. The Balaban J connectivity index is 1.36. The molecule has 1 aliphatic heterocycles. The number of aromatic amines is 1. The molecule has 0 bridgehead atoms. The minimum atomic E-state index is -0.321. The van der Waals surface area contributed by atoms with E-state index in [0.717, 1.165) is 78.4 Å². The molecule has 0 radical (unpaired) electrons. The Morgan fingerprint density at radius 3 is 2.56 bits per heavy atom. The van der Waals surface area contributed by atoms with Crippen molar-refractivity contribution in [2.75, 3.05) is 26.2 Å². The highest BCUT2D eigenvalue weighted by molar-refractivity contribution is 6.31. The molecule has 1 saturated carbocycles. The van der Waals surface area contributed by atoms with Gasteiger partial charge in [0.15, 0.2) is 5.82 Å². The summed E-state index contributed by atoms with van der Waals surface area (Å²) in [5.74, 6) is 0.774. The Bertz CT molecular complexity index is 1520. The summed E-state index contributed by atoms with van der Waals surface area (Å²) in [6, 6.07) is 14.3. The van der Waals surface area contributed by atoms with Gasteiger partial charge in [-0.1, -0.05) is 60.7 Å². The highest BCUT2D eigenvalue weighted by Gasteiger charge is 2.34. The van der Waals surface area contributed by atoms with E-state index in [2.05, 4.69) is 61.5 Å². The van der Waals surface area contributed by atoms with Gasteiger partial charge in [-0.25, -0.2) is 4.68 Å². The number of hydrogen-bond donors (Lipinski definition) is 1. The number of H-pyrrole nitrogens is 1. The van der Waals surface area contributed by atoms with Gasteiger partial charge in [0, 0.05) is 43.3 Å². The number of rotatable bonds is 6. The predicted octanol–water partition coefficient (Wildman–Crippen LogP) is 5.20. The summed E-state index contributed by atoms with van der Waals surface area (Å²) in [6.45, 7) is 8.30. The van der Waals surface area contributed by atoms with Crippen molar-refractivity contribution < 1.29 is 0 Å². The lowest BCUT2D eigenvalue weighted by Gasteiger charge is -2.39. The van der Waals surface area contributed by atoms with Gasteiger partial charge in [-0.05, 0) is 71.8 Å². The molecule has 39 heavy (non-hydrogen) atoms. The fourth-order valence-electron chi connectivity index (χ4n) is 6.42. The van der Waals surface area contributed by atoms with Gasteiger partial charge in [0.1, 0.15) is 6.04 Å². The normalized spacial score (nSPS) is 18.5. The van der Waals surface area contributed by atoms with Crippen molar-refractivity contribution in [2.45, 2.75) is 64.6 Å². The van der Waals surface area contributed by atoms with E-state index in [-0.39, 0.29) is 17.6 Å². The molecule has 0 spiro atoms. The topological polar surface area (TPSA) is 82.9 Å². The summed E-state index contributed by atoms with van der Waals surface area (Å²) in [6.07, 6.45) is 5.77. The molecule has 0 amide bonds. The van der Waals surface area contributed by atoms with Crippen LogP contribution >= 0.6 is 11.6 Å². The molecule has 9 heteroatoms. The van der Waals surface area contributed by atoms with Gasteiger partial charge < -0.3 is 4.98 Å². The zero-order valence-corrected chi connectivity index (χ0v) is 23.5. The number of fused-ring (bicyclic) bond motifs is 1. The number of hydrogen-bond acceptors (Lipinski definition) is 6. The monoisotopic (exact) mass is 545 g/mol. The standard InChI is InChI=1S/C30H36ClN7O/c1-20-16-21(2)27-23(17-20)18-25(30(39)32-27)28(29-33-34-35-38(29)24-9-4-3-5-10-24)37-14-12-36(13-15-37)19-22-8-6-7-11-26(22)31/h6-8,11,16-18,24,28H,3-5,9-10,12-15,19H2,1-2H3,(H,32,39)/t28-/m1/s1. The number of aryl methyl sites for hydroxylation is 2. The van der Waals surface area contributed by atoms with Gasteiger partial charge in [-0.2, -0.15) is 0 Å². The molecule has 2 fully saturated rings. The lowest BCUT2D eigenvalue weighted by atomic mass is 9.95. The SMILES string of the molecule is Cc1cc(C)c2[nH]c(=O)c([C@H](c3nnnn3C3CCCCC3)N3CCN(Cc4ccccc4Cl)CC3)cc2c1. The molecule has 1 aliphatic carbocycles. The zero-order chi connectivity index (χ0) is 26.9. The first-order valence-corrected chi connectivity index (χ1v) is 14.5.